The molecule has 1 aromatic carbocycles. The number of benzene rings is 1. The molecule has 0 spiro atoms. The molecule has 1 saturated heterocycles. The van der Waals surface area contributed by atoms with Crippen LogP contribution in [0.3, 0.4) is 0 Å². The Kier molecular flexibility index (Phi) is 7.05. The van der Waals surface area contributed by atoms with Gasteiger partial charge in [0.1, 0.15) is 0 Å². The van der Waals surface area contributed by atoms with Crippen LogP contribution < -0.4 is 11.1 Å². The Balaban J connectivity index is 1.96. The van der Waals surface area contributed by atoms with E-state index in [0.717, 1.165) is 44.2 Å². The molecule has 1 aliphatic rings. The molecule has 2 rings (SSSR count). The molecule has 0 saturated carbocycles. The first kappa shape index (κ1) is 18.7. The molecule has 1 aromatic rings. The fourth-order valence-electron chi connectivity index (χ4n) is 2.65. The van der Waals surface area contributed by atoms with Crippen molar-refractivity contribution in [2.24, 2.45) is 10.7 Å². The van der Waals surface area contributed by atoms with Gasteiger partial charge >= 0.3 is 0 Å². The predicted octanol–water partition coefficient (Wildman–Crippen LogP) is 2.07. The van der Waals surface area contributed by atoms with Gasteiger partial charge in [0.05, 0.1) is 11.4 Å². The molecular weight excluding hydrogens is 324 g/mol. The molecule has 3 N–H and O–H groups in total. The molecule has 0 atom stereocenters. The molecule has 0 unspecified atom stereocenters. The summed E-state index contributed by atoms with van der Waals surface area (Å²) in [5.74, 6) is 0.425. The van der Waals surface area contributed by atoms with Crippen LogP contribution in [0.15, 0.2) is 34.2 Å². The molecule has 0 bridgehead atoms. The number of sulfonamides is 1. The lowest BCUT2D eigenvalue weighted by molar-refractivity contribution is 0.346. The lowest BCUT2D eigenvalue weighted by atomic mass is 10.2. The fourth-order valence-corrected chi connectivity index (χ4v) is 4.16. The highest BCUT2D eigenvalue weighted by molar-refractivity contribution is 7.89. The Labute approximate surface area is 145 Å². The topological polar surface area (TPSA) is 87.8 Å². The second kappa shape index (κ2) is 9.03. The summed E-state index contributed by atoms with van der Waals surface area (Å²) in [6.07, 6.45) is 5.15. The number of nitrogens with zero attached hydrogens (tertiary/aromatic N) is 2. The van der Waals surface area contributed by atoms with Gasteiger partial charge in [-0.05, 0) is 37.0 Å². The minimum atomic E-state index is -3.36. The summed E-state index contributed by atoms with van der Waals surface area (Å²) in [6.45, 7) is 4.62. The van der Waals surface area contributed by atoms with E-state index in [1.165, 1.54) is 0 Å². The Morgan fingerprint density at radius 3 is 2.50 bits per heavy atom. The van der Waals surface area contributed by atoms with E-state index >= 15 is 0 Å². The maximum absolute atomic E-state index is 12.6. The van der Waals surface area contributed by atoms with Gasteiger partial charge in [0.15, 0.2) is 5.96 Å². The first-order chi connectivity index (χ1) is 11.5. The van der Waals surface area contributed by atoms with Crippen molar-refractivity contribution in [3.63, 3.8) is 0 Å². The molecule has 7 heteroatoms. The van der Waals surface area contributed by atoms with Gasteiger partial charge in [0.2, 0.25) is 10.0 Å². The minimum Gasteiger partial charge on any atom is -0.370 e. The van der Waals surface area contributed by atoms with Gasteiger partial charge in [-0.3, -0.25) is 0 Å². The Bertz CT molecular complexity index is 635. The van der Waals surface area contributed by atoms with Gasteiger partial charge in [-0.25, -0.2) is 13.4 Å². The number of piperidine rings is 1. The largest absolute Gasteiger partial charge is 0.370 e. The summed E-state index contributed by atoms with van der Waals surface area (Å²) in [5.41, 5.74) is 6.73. The quantitative estimate of drug-likeness (QED) is 0.447. The number of hydrogen-bond donors (Lipinski definition) is 2. The van der Waals surface area contributed by atoms with Gasteiger partial charge in [-0.1, -0.05) is 31.9 Å². The van der Waals surface area contributed by atoms with Crippen molar-refractivity contribution < 1.29 is 8.42 Å². The van der Waals surface area contributed by atoms with E-state index < -0.39 is 10.0 Å². The number of hydrogen-bond acceptors (Lipinski definition) is 3. The smallest absolute Gasteiger partial charge is 0.243 e. The second-order valence-electron chi connectivity index (χ2n) is 6.09. The third kappa shape index (κ3) is 5.21. The molecular formula is C17H28N4O2S. The van der Waals surface area contributed by atoms with Crippen LogP contribution in [0.5, 0.6) is 0 Å². The van der Waals surface area contributed by atoms with Crippen LogP contribution in [0.2, 0.25) is 0 Å². The van der Waals surface area contributed by atoms with Crippen molar-refractivity contribution in [1.29, 1.82) is 0 Å². The SMILES string of the molecule is CCCCNC(N)=NCc1ccc(S(=O)(=O)N2CCCCC2)cc1. The van der Waals surface area contributed by atoms with Crippen LogP contribution in [-0.4, -0.2) is 38.3 Å². The predicted molar refractivity (Wildman–Crippen MR) is 97.3 cm³/mol. The van der Waals surface area contributed by atoms with E-state index in [-0.39, 0.29) is 0 Å². The van der Waals surface area contributed by atoms with Gasteiger partial charge < -0.3 is 11.1 Å². The zero-order chi connectivity index (χ0) is 17.4. The van der Waals surface area contributed by atoms with Crippen LogP contribution in [0, 0.1) is 0 Å². The molecule has 0 aliphatic carbocycles. The van der Waals surface area contributed by atoms with E-state index in [2.05, 4.69) is 17.2 Å². The Hall–Kier alpha value is -1.60. The maximum Gasteiger partial charge on any atom is 0.243 e. The third-order valence-electron chi connectivity index (χ3n) is 4.14. The van der Waals surface area contributed by atoms with Crippen molar-refractivity contribution >= 4 is 16.0 Å². The van der Waals surface area contributed by atoms with Crippen molar-refractivity contribution in [3.8, 4) is 0 Å². The third-order valence-corrected chi connectivity index (χ3v) is 6.06. The van der Waals surface area contributed by atoms with Crippen LogP contribution in [0.25, 0.3) is 0 Å². The van der Waals surface area contributed by atoms with E-state index in [1.54, 1.807) is 28.6 Å². The van der Waals surface area contributed by atoms with Gasteiger partial charge in [0.25, 0.3) is 0 Å². The Morgan fingerprint density at radius 1 is 1.21 bits per heavy atom. The van der Waals surface area contributed by atoms with Crippen LogP contribution in [0.4, 0.5) is 0 Å². The van der Waals surface area contributed by atoms with E-state index in [4.69, 9.17) is 5.73 Å². The summed E-state index contributed by atoms with van der Waals surface area (Å²) in [6, 6.07) is 6.93. The zero-order valence-electron chi connectivity index (χ0n) is 14.4. The molecule has 134 valence electrons. The number of unbranched alkanes of at least 4 members (excludes halogenated alkanes) is 1. The van der Waals surface area contributed by atoms with Crippen molar-refractivity contribution in [2.45, 2.75) is 50.5 Å². The zero-order valence-corrected chi connectivity index (χ0v) is 15.2. The van der Waals surface area contributed by atoms with Crippen LogP contribution >= 0.6 is 0 Å². The highest BCUT2D eigenvalue weighted by Crippen LogP contribution is 2.20. The van der Waals surface area contributed by atoms with E-state index in [1.807, 2.05) is 0 Å². The lowest BCUT2D eigenvalue weighted by Gasteiger charge is -2.25. The Morgan fingerprint density at radius 2 is 1.88 bits per heavy atom. The van der Waals surface area contributed by atoms with Crippen LogP contribution in [-0.2, 0) is 16.6 Å². The summed E-state index contributed by atoms with van der Waals surface area (Å²) < 4.78 is 26.7. The molecule has 0 radical (unpaired) electrons. The normalized spacial score (nSPS) is 17.0. The van der Waals surface area contributed by atoms with Crippen molar-refractivity contribution in [2.75, 3.05) is 19.6 Å². The lowest BCUT2D eigenvalue weighted by Crippen LogP contribution is -2.35. The second-order valence-corrected chi connectivity index (χ2v) is 8.03. The summed E-state index contributed by atoms with van der Waals surface area (Å²) >= 11 is 0. The number of guanidine groups is 1. The highest BCUT2D eigenvalue weighted by Gasteiger charge is 2.25. The van der Waals surface area contributed by atoms with Crippen molar-refractivity contribution in [3.05, 3.63) is 29.8 Å². The molecule has 1 fully saturated rings. The number of aliphatic imine (C=N–C) groups is 1. The first-order valence-electron chi connectivity index (χ1n) is 8.67. The van der Waals surface area contributed by atoms with Gasteiger partial charge in [0, 0.05) is 19.6 Å². The standard InChI is InChI=1S/C17H28N4O2S/c1-2-3-11-19-17(18)20-14-15-7-9-16(10-8-15)24(22,23)21-12-5-4-6-13-21/h7-10H,2-6,11-14H2,1H3,(H3,18,19,20). The minimum absolute atomic E-state index is 0.353. The highest BCUT2D eigenvalue weighted by atomic mass is 32.2. The van der Waals surface area contributed by atoms with Gasteiger partial charge in [-0.15, -0.1) is 0 Å². The van der Waals surface area contributed by atoms with Crippen molar-refractivity contribution in [1.82, 2.24) is 9.62 Å². The summed E-state index contributed by atoms with van der Waals surface area (Å²) in [7, 11) is -3.36. The molecule has 1 heterocycles. The number of nitrogens with two attached hydrogens (primary N) is 1. The van der Waals surface area contributed by atoms with Gasteiger partial charge in [-0.2, -0.15) is 4.31 Å². The number of rotatable bonds is 7. The number of nitrogens with one attached hydrogen (secondary N) is 1. The molecule has 6 nitrogen and oxygen atoms in total. The molecule has 0 amide bonds. The summed E-state index contributed by atoms with van der Waals surface area (Å²) in [4.78, 5) is 4.62. The fraction of sp³-hybridized carbons (Fsp3) is 0.588. The maximum atomic E-state index is 12.6. The average molecular weight is 353 g/mol. The van der Waals surface area contributed by atoms with E-state index in [0.29, 0.717) is 30.5 Å². The summed E-state index contributed by atoms with van der Waals surface area (Å²) in [5, 5.41) is 3.06. The molecule has 1 aliphatic heterocycles. The monoisotopic (exact) mass is 352 g/mol. The molecule has 24 heavy (non-hydrogen) atoms. The molecule has 0 aromatic heterocycles. The average Bonchev–Trinajstić information content (AvgIpc) is 2.61. The first-order valence-corrected chi connectivity index (χ1v) is 10.1. The van der Waals surface area contributed by atoms with E-state index in [9.17, 15) is 8.42 Å². The van der Waals surface area contributed by atoms with Crippen LogP contribution in [0.1, 0.15) is 44.6 Å².